The molecule has 0 spiro atoms. The second kappa shape index (κ2) is 13.0. The third kappa shape index (κ3) is 5.58. The number of quaternary nitrogens is 1. The van der Waals surface area contributed by atoms with Gasteiger partial charge >= 0.3 is 0 Å². The number of unbranched alkanes of at least 4 members (excludes halogenated alkanes) is 2. The van der Waals surface area contributed by atoms with E-state index >= 15 is 8.78 Å². The monoisotopic (exact) mass is 668 g/mol. The molecule has 1 heterocycles. The van der Waals surface area contributed by atoms with Gasteiger partial charge in [-0.1, -0.05) is 75.2 Å². The first kappa shape index (κ1) is 32.9. The molecule has 7 heteroatoms. The summed E-state index contributed by atoms with van der Waals surface area (Å²) in [5, 5.41) is 5.72. The lowest BCUT2D eigenvalue weighted by Gasteiger charge is -2.35. The highest BCUT2D eigenvalue weighted by Gasteiger charge is 2.43. The smallest absolute Gasteiger partial charge is 0.194 e. The van der Waals surface area contributed by atoms with Crippen LogP contribution in [0.15, 0.2) is 84.9 Å². The van der Waals surface area contributed by atoms with Gasteiger partial charge in [0.05, 0.1) is 0 Å². The van der Waals surface area contributed by atoms with Crippen molar-refractivity contribution in [2.45, 2.75) is 64.5 Å². The maximum atomic E-state index is 15.0. The van der Waals surface area contributed by atoms with Crippen molar-refractivity contribution in [3.63, 3.8) is 0 Å². The van der Waals surface area contributed by atoms with Crippen molar-refractivity contribution in [3.05, 3.63) is 131 Å². The number of rotatable bonds is 8. The minimum Gasteiger partial charge on any atom is -0.334 e. The first-order chi connectivity index (χ1) is 23.7. The molecular weight excluding hydrogens is 632 g/mol. The SMILES string of the molecule is CCCCC1(CCCC)[NH2+]Cc2c(-c3cc(F)c(F)c(F)c3)cc3ccccc3c2-c2c1c(-c1cc(F)c(F)c(F)c1)cc1ccccc21. The highest BCUT2D eigenvalue weighted by Crippen LogP contribution is 2.51. The second-order valence-electron chi connectivity index (χ2n) is 13.2. The Morgan fingerprint density at radius 2 is 1.02 bits per heavy atom. The summed E-state index contributed by atoms with van der Waals surface area (Å²) < 4.78 is 88.3. The van der Waals surface area contributed by atoms with Crippen LogP contribution in [0, 0.1) is 34.9 Å². The van der Waals surface area contributed by atoms with Crippen LogP contribution in [0.5, 0.6) is 0 Å². The summed E-state index contributed by atoms with van der Waals surface area (Å²) in [7, 11) is 0. The van der Waals surface area contributed by atoms with Gasteiger partial charge in [-0.25, -0.2) is 26.3 Å². The van der Waals surface area contributed by atoms with Crippen LogP contribution >= 0.6 is 0 Å². The van der Waals surface area contributed by atoms with Crippen molar-refractivity contribution in [3.8, 4) is 33.4 Å². The summed E-state index contributed by atoms with van der Waals surface area (Å²) in [6.07, 6.45) is 5.06. The Morgan fingerprint density at radius 3 is 1.53 bits per heavy atom. The molecular formula is C42H36F6N+. The number of nitrogens with two attached hydrogens (primary N) is 1. The number of hydrogen-bond acceptors (Lipinski definition) is 0. The molecule has 0 saturated heterocycles. The lowest BCUT2D eigenvalue weighted by atomic mass is 9.72. The molecule has 0 atom stereocenters. The highest BCUT2D eigenvalue weighted by atomic mass is 19.2. The third-order valence-corrected chi connectivity index (χ3v) is 10.2. The Kier molecular flexibility index (Phi) is 8.74. The van der Waals surface area contributed by atoms with E-state index in [-0.39, 0.29) is 11.1 Å². The zero-order valence-electron chi connectivity index (χ0n) is 27.4. The molecule has 6 aromatic rings. The van der Waals surface area contributed by atoms with E-state index in [1.807, 2.05) is 60.7 Å². The number of fused-ring (bicyclic) bond motifs is 7. The van der Waals surface area contributed by atoms with E-state index in [2.05, 4.69) is 19.2 Å². The standard InChI is InChI=1S/C42H35F6N/c1-3-5-15-42(16-6-4-2)39-31(27-21-35(45)41(48)36(46)22-27)18-25-12-8-10-14-29(25)38(39)37-28-13-9-7-11-24(28)17-30(32(37)23-49-42)26-19-33(43)40(47)34(44)20-26/h7-14,17-22,49H,3-6,15-16,23H2,1-2H3/p+1. The molecule has 250 valence electrons. The Hall–Kier alpha value is -4.62. The van der Waals surface area contributed by atoms with Crippen molar-refractivity contribution in [2.24, 2.45) is 0 Å². The van der Waals surface area contributed by atoms with Gasteiger partial charge in [-0.3, -0.25) is 0 Å². The highest BCUT2D eigenvalue weighted by molar-refractivity contribution is 6.12. The molecule has 0 saturated carbocycles. The van der Waals surface area contributed by atoms with Gasteiger partial charge in [0, 0.05) is 35.1 Å². The molecule has 2 N–H and O–H groups in total. The van der Waals surface area contributed by atoms with Crippen molar-refractivity contribution in [1.82, 2.24) is 0 Å². The Balaban J connectivity index is 1.71. The maximum absolute atomic E-state index is 15.0. The Morgan fingerprint density at radius 1 is 0.571 bits per heavy atom. The van der Waals surface area contributed by atoms with Crippen LogP contribution in [0.3, 0.4) is 0 Å². The minimum atomic E-state index is -1.53. The van der Waals surface area contributed by atoms with Gasteiger partial charge in [0.2, 0.25) is 0 Å². The molecule has 0 radical (unpaired) electrons. The van der Waals surface area contributed by atoms with Crippen molar-refractivity contribution < 1.29 is 31.7 Å². The normalized spacial score (nSPS) is 13.8. The van der Waals surface area contributed by atoms with Crippen LogP contribution in [-0.4, -0.2) is 0 Å². The zero-order chi connectivity index (χ0) is 34.4. The Bertz CT molecular complexity index is 2190. The Labute approximate surface area is 281 Å². The van der Waals surface area contributed by atoms with Gasteiger partial charge in [-0.05, 0) is 93.0 Å². The van der Waals surface area contributed by atoms with Gasteiger partial charge in [0.1, 0.15) is 12.1 Å². The van der Waals surface area contributed by atoms with Gasteiger partial charge in [-0.2, -0.15) is 0 Å². The third-order valence-electron chi connectivity index (χ3n) is 10.2. The van der Waals surface area contributed by atoms with E-state index in [4.69, 9.17) is 0 Å². The summed E-state index contributed by atoms with van der Waals surface area (Å²) in [6, 6.07) is 23.6. The quantitative estimate of drug-likeness (QED) is 0.123. The summed E-state index contributed by atoms with van der Waals surface area (Å²) in [6.45, 7) is 4.66. The molecule has 0 amide bonds. The van der Waals surface area contributed by atoms with Gasteiger partial charge in [0.15, 0.2) is 34.9 Å². The average molecular weight is 669 g/mol. The van der Waals surface area contributed by atoms with E-state index in [9.17, 15) is 17.6 Å². The molecule has 0 aromatic heterocycles. The molecule has 0 fully saturated rings. The lowest BCUT2D eigenvalue weighted by Crippen LogP contribution is -2.93. The average Bonchev–Trinajstić information content (AvgIpc) is 3.26. The van der Waals surface area contributed by atoms with E-state index in [1.165, 1.54) is 0 Å². The van der Waals surface area contributed by atoms with Crippen LogP contribution in [-0.2, 0) is 12.1 Å². The van der Waals surface area contributed by atoms with Gasteiger partial charge in [-0.15, -0.1) is 0 Å². The van der Waals surface area contributed by atoms with Crippen molar-refractivity contribution in [2.75, 3.05) is 0 Å². The second-order valence-corrected chi connectivity index (χ2v) is 13.2. The lowest BCUT2D eigenvalue weighted by molar-refractivity contribution is -0.752. The number of halogens is 6. The molecule has 49 heavy (non-hydrogen) atoms. The van der Waals surface area contributed by atoms with E-state index < -0.39 is 40.4 Å². The molecule has 6 aromatic carbocycles. The van der Waals surface area contributed by atoms with Crippen LogP contribution in [0.2, 0.25) is 0 Å². The molecule has 0 unspecified atom stereocenters. The van der Waals surface area contributed by atoms with Crippen LogP contribution in [0.25, 0.3) is 54.9 Å². The molecule has 1 nitrogen and oxygen atoms in total. The first-order valence-corrected chi connectivity index (χ1v) is 16.9. The van der Waals surface area contributed by atoms with Crippen LogP contribution in [0.4, 0.5) is 26.3 Å². The summed E-state index contributed by atoms with van der Waals surface area (Å²) in [5.74, 6) is -8.14. The fraction of sp³-hybridized carbons (Fsp3) is 0.238. The molecule has 1 aliphatic rings. The fourth-order valence-electron chi connectivity index (χ4n) is 7.88. The van der Waals surface area contributed by atoms with E-state index in [0.717, 1.165) is 107 Å². The van der Waals surface area contributed by atoms with E-state index in [0.29, 0.717) is 17.7 Å². The zero-order valence-corrected chi connectivity index (χ0v) is 27.4. The predicted molar refractivity (Wildman–Crippen MR) is 184 cm³/mol. The van der Waals surface area contributed by atoms with Gasteiger partial charge in [0.25, 0.3) is 0 Å². The fourth-order valence-corrected chi connectivity index (χ4v) is 7.88. The summed E-state index contributed by atoms with van der Waals surface area (Å²) in [5.41, 5.74) is 4.48. The topological polar surface area (TPSA) is 16.6 Å². The minimum absolute atomic E-state index is 0.214. The molecule has 0 aliphatic carbocycles. The maximum Gasteiger partial charge on any atom is 0.194 e. The summed E-state index contributed by atoms with van der Waals surface area (Å²) in [4.78, 5) is 0. The predicted octanol–water partition coefficient (Wildman–Crippen LogP) is 11.5. The van der Waals surface area contributed by atoms with Gasteiger partial charge < -0.3 is 5.32 Å². The number of benzene rings is 6. The number of hydrogen-bond donors (Lipinski definition) is 1. The largest absolute Gasteiger partial charge is 0.334 e. The molecule has 0 bridgehead atoms. The van der Waals surface area contributed by atoms with Crippen molar-refractivity contribution in [1.29, 1.82) is 0 Å². The van der Waals surface area contributed by atoms with Crippen molar-refractivity contribution >= 4 is 21.5 Å². The summed E-state index contributed by atoms with van der Waals surface area (Å²) >= 11 is 0. The van der Waals surface area contributed by atoms with Crippen LogP contribution in [0.1, 0.15) is 63.5 Å². The first-order valence-electron chi connectivity index (χ1n) is 16.9. The molecule has 1 aliphatic heterocycles. The van der Waals surface area contributed by atoms with E-state index in [1.54, 1.807) is 0 Å². The van der Waals surface area contributed by atoms with Crippen LogP contribution < -0.4 is 5.32 Å². The molecule has 7 rings (SSSR count).